The molecule has 2 heterocycles. The van der Waals surface area contributed by atoms with Crippen LogP contribution in [0.4, 0.5) is 4.39 Å². The molecule has 0 bridgehead atoms. The van der Waals surface area contributed by atoms with Crippen LogP contribution in [0.1, 0.15) is 28.8 Å². The molecular weight excluding hydrogens is 378 g/mol. The monoisotopic (exact) mass is 388 g/mol. The Hall–Kier alpha value is -1.51. The van der Waals surface area contributed by atoms with Crippen LogP contribution < -0.4 is 5.32 Å². The predicted octanol–water partition coefficient (Wildman–Crippen LogP) is 1.19. The summed E-state index contributed by atoms with van der Waals surface area (Å²) in [5.41, 5.74) is 0.624. The number of imide groups is 1. The van der Waals surface area contributed by atoms with E-state index >= 15 is 0 Å². The van der Waals surface area contributed by atoms with E-state index in [2.05, 4.69) is 5.32 Å². The molecular formula is C13H10FIN2O3. The van der Waals surface area contributed by atoms with E-state index in [-0.39, 0.29) is 30.9 Å². The summed E-state index contributed by atoms with van der Waals surface area (Å²) >= 11 is 1.83. The molecule has 5 nitrogen and oxygen atoms in total. The maximum Gasteiger partial charge on any atom is 0.258 e. The lowest BCUT2D eigenvalue weighted by Crippen LogP contribution is -2.52. The number of piperidine rings is 1. The molecule has 0 saturated carbocycles. The Morgan fingerprint density at radius 2 is 2.05 bits per heavy atom. The van der Waals surface area contributed by atoms with Gasteiger partial charge in [-0.2, -0.15) is 0 Å². The van der Waals surface area contributed by atoms with Crippen LogP contribution in [0.5, 0.6) is 0 Å². The molecule has 2 aliphatic heterocycles. The van der Waals surface area contributed by atoms with Crippen molar-refractivity contribution in [3.8, 4) is 0 Å². The van der Waals surface area contributed by atoms with Gasteiger partial charge in [0.15, 0.2) is 0 Å². The largest absolute Gasteiger partial charge is 0.322 e. The van der Waals surface area contributed by atoms with E-state index in [1.165, 1.54) is 4.90 Å². The lowest BCUT2D eigenvalue weighted by molar-refractivity contribution is -0.136. The Bertz CT molecular complexity index is 647. The first-order chi connectivity index (χ1) is 9.49. The first-order valence-electron chi connectivity index (χ1n) is 6.10. The summed E-state index contributed by atoms with van der Waals surface area (Å²) in [6, 6.07) is 2.60. The van der Waals surface area contributed by atoms with Gasteiger partial charge in [-0.1, -0.05) is 6.07 Å². The molecule has 1 unspecified atom stereocenters. The van der Waals surface area contributed by atoms with Gasteiger partial charge in [0.05, 0.1) is 5.56 Å². The Balaban J connectivity index is 1.93. The van der Waals surface area contributed by atoms with Gasteiger partial charge in [0.1, 0.15) is 11.9 Å². The minimum Gasteiger partial charge on any atom is -0.322 e. The summed E-state index contributed by atoms with van der Waals surface area (Å²) < 4.78 is 14.4. The molecule has 2 aliphatic rings. The Labute approximate surface area is 127 Å². The number of nitrogens with zero attached hydrogens (tertiary/aromatic N) is 1. The van der Waals surface area contributed by atoms with E-state index in [9.17, 15) is 18.8 Å². The van der Waals surface area contributed by atoms with Gasteiger partial charge in [0, 0.05) is 16.5 Å². The fourth-order valence-corrected chi connectivity index (χ4v) is 3.03. The van der Waals surface area contributed by atoms with Crippen LogP contribution in [0, 0.1) is 9.39 Å². The molecule has 1 saturated heterocycles. The van der Waals surface area contributed by atoms with Crippen molar-refractivity contribution in [2.75, 3.05) is 0 Å². The normalized spacial score (nSPS) is 22.0. The molecule has 0 radical (unpaired) electrons. The number of hydrogen-bond donors (Lipinski definition) is 1. The number of carbonyl (C=O) groups excluding carboxylic acids is 3. The first kappa shape index (κ1) is 13.5. The van der Waals surface area contributed by atoms with E-state index in [1.807, 2.05) is 22.6 Å². The van der Waals surface area contributed by atoms with Gasteiger partial charge in [0.25, 0.3) is 5.91 Å². The highest BCUT2D eigenvalue weighted by Crippen LogP contribution is 2.30. The first-order valence-corrected chi connectivity index (χ1v) is 7.18. The number of carbonyl (C=O) groups is 3. The summed E-state index contributed by atoms with van der Waals surface area (Å²) in [6.45, 7) is 0.203. The van der Waals surface area contributed by atoms with Gasteiger partial charge in [-0.25, -0.2) is 4.39 Å². The van der Waals surface area contributed by atoms with E-state index in [0.717, 1.165) is 0 Å². The molecule has 3 rings (SSSR count). The maximum atomic E-state index is 14.0. The number of hydrogen-bond acceptors (Lipinski definition) is 3. The average Bonchev–Trinajstić information content (AvgIpc) is 2.72. The molecule has 1 atom stereocenters. The number of benzene rings is 1. The molecule has 0 spiro atoms. The molecule has 7 heteroatoms. The second-order valence-electron chi connectivity index (χ2n) is 4.80. The Morgan fingerprint density at radius 1 is 1.30 bits per heavy atom. The third-order valence-electron chi connectivity index (χ3n) is 3.58. The molecule has 1 N–H and O–H groups in total. The highest BCUT2D eigenvalue weighted by atomic mass is 127. The lowest BCUT2D eigenvalue weighted by atomic mass is 10.0. The third-order valence-corrected chi connectivity index (χ3v) is 4.42. The Morgan fingerprint density at radius 3 is 2.75 bits per heavy atom. The number of fused-ring (bicyclic) bond motifs is 1. The molecule has 1 aromatic carbocycles. The SMILES string of the molecule is O=C1CCC(N2Cc3ccc(I)c(F)c3C2=O)C(=O)N1. The van der Waals surface area contributed by atoms with Gasteiger partial charge in [0.2, 0.25) is 11.8 Å². The van der Waals surface area contributed by atoms with Crippen LogP contribution >= 0.6 is 22.6 Å². The highest BCUT2D eigenvalue weighted by molar-refractivity contribution is 14.1. The molecule has 0 aromatic heterocycles. The number of amides is 3. The fourth-order valence-electron chi connectivity index (χ4n) is 2.58. The van der Waals surface area contributed by atoms with E-state index in [1.54, 1.807) is 12.1 Å². The van der Waals surface area contributed by atoms with Gasteiger partial charge in [-0.05, 0) is 40.6 Å². The van der Waals surface area contributed by atoms with Gasteiger partial charge in [-0.15, -0.1) is 0 Å². The second-order valence-corrected chi connectivity index (χ2v) is 5.96. The number of halogens is 2. The molecule has 1 fully saturated rings. The molecule has 1 aromatic rings. The van der Waals surface area contributed by atoms with E-state index in [4.69, 9.17) is 0 Å². The standard InChI is InChI=1S/C13H10FIN2O3/c14-11-7(15)2-1-6-5-17(13(20)10(6)11)8-3-4-9(18)16-12(8)19/h1-2,8H,3-5H2,(H,16,18,19). The topological polar surface area (TPSA) is 66.5 Å². The predicted molar refractivity (Wildman–Crippen MR) is 75.2 cm³/mol. The van der Waals surface area contributed by atoms with Crippen molar-refractivity contribution in [3.63, 3.8) is 0 Å². The van der Waals surface area contributed by atoms with E-state index in [0.29, 0.717) is 9.13 Å². The van der Waals surface area contributed by atoms with Crippen molar-refractivity contribution in [1.82, 2.24) is 10.2 Å². The zero-order chi connectivity index (χ0) is 14.4. The van der Waals surface area contributed by atoms with Crippen molar-refractivity contribution >= 4 is 40.3 Å². The summed E-state index contributed by atoms with van der Waals surface area (Å²) in [6.07, 6.45) is 0.472. The number of nitrogens with one attached hydrogen (secondary N) is 1. The average molecular weight is 388 g/mol. The van der Waals surface area contributed by atoms with Crippen molar-refractivity contribution in [1.29, 1.82) is 0 Å². The van der Waals surface area contributed by atoms with Crippen LogP contribution in [-0.4, -0.2) is 28.7 Å². The molecule has 104 valence electrons. The number of rotatable bonds is 1. The van der Waals surface area contributed by atoms with Crippen LogP contribution in [0.15, 0.2) is 12.1 Å². The summed E-state index contributed by atoms with van der Waals surface area (Å²) in [7, 11) is 0. The third kappa shape index (κ3) is 2.00. The summed E-state index contributed by atoms with van der Waals surface area (Å²) in [5.74, 6) is -1.85. The van der Waals surface area contributed by atoms with Crippen LogP contribution in [-0.2, 0) is 16.1 Å². The summed E-state index contributed by atoms with van der Waals surface area (Å²) in [5, 5.41) is 2.21. The minimum absolute atomic E-state index is 0.0431. The van der Waals surface area contributed by atoms with Gasteiger partial charge < -0.3 is 4.90 Å². The van der Waals surface area contributed by atoms with Gasteiger partial charge in [-0.3, -0.25) is 19.7 Å². The molecule has 3 amide bonds. The highest BCUT2D eigenvalue weighted by Gasteiger charge is 2.40. The zero-order valence-corrected chi connectivity index (χ0v) is 12.4. The van der Waals surface area contributed by atoms with Crippen LogP contribution in [0.2, 0.25) is 0 Å². The van der Waals surface area contributed by atoms with Crippen LogP contribution in [0.25, 0.3) is 0 Å². The van der Waals surface area contributed by atoms with Crippen molar-refractivity contribution in [3.05, 3.63) is 32.6 Å². The smallest absolute Gasteiger partial charge is 0.258 e. The van der Waals surface area contributed by atoms with Crippen molar-refractivity contribution < 1.29 is 18.8 Å². The quantitative estimate of drug-likeness (QED) is 0.581. The fraction of sp³-hybridized carbons (Fsp3) is 0.308. The van der Waals surface area contributed by atoms with Crippen molar-refractivity contribution in [2.24, 2.45) is 0 Å². The maximum absolute atomic E-state index is 14.0. The molecule has 0 aliphatic carbocycles. The lowest BCUT2D eigenvalue weighted by Gasteiger charge is -2.29. The van der Waals surface area contributed by atoms with Crippen molar-refractivity contribution in [2.45, 2.75) is 25.4 Å². The van der Waals surface area contributed by atoms with E-state index < -0.39 is 23.7 Å². The Kier molecular flexibility index (Phi) is 3.23. The van der Waals surface area contributed by atoms with Gasteiger partial charge >= 0.3 is 0 Å². The minimum atomic E-state index is -0.704. The zero-order valence-electron chi connectivity index (χ0n) is 10.3. The molecule has 20 heavy (non-hydrogen) atoms. The van der Waals surface area contributed by atoms with Crippen LogP contribution in [0.3, 0.4) is 0 Å². The summed E-state index contributed by atoms with van der Waals surface area (Å²) in [4.78, 5) is 36.6. The second kappa shape index (κ2) is 4.80.